The van der Waals surface area contributed by atoms with Gasteiger partial charge in [-0.25, -0.2) is 0 Å². The monoisotopic (exact) mass is 395 g/mol. The van der Waals surface area contributed by atoms with Crippen LogP contribution in [0.3, 0.4) is 0 Å². The van der Waals surface area contributed by atoms with E-state index in [1.807, 2.05) is 0 Å². The Labute approximate surface area is 181 Å². The van der Waals surface area contributed by atoms with Gasteiger partial charge in [0, 0.05) is 16.8 Å². The minimum Gasteiger partial charge on any atom is -0.355 e. The number of anilines is 2. The number of benzene rings is 3. The SMILES string of the molecule is Cc1c(C)c2c(c(C)c1Nc1ccc3c(c1)C(C)(C)c1ccccc1-3)CCCC2C. The summed E-state index contributed by atoms with van der Waals surface area (Å²) in [5.74, 6) is 0.680. The van der Waals surface area contributed by atoms with E-state index in [1.54, 1.807) is 11.1 Å². The van der Waals surface area contributed by atoms with Crippen LogP contribution in [0.2, 0.25) is 0 Å². The first kappa shape index (κ1) is 19.4. The van der Waals surface area contributed by atoms with Crippen LogP contribution < -0.4 is 5.32 Å². The average molecular weight is 396 g/mol. The topological polar surface area (TPSA) is 12.0 Å². The fourth-order valence-corrected chi connectivity index (χ4v) is 6.08. The lowest BCUT2D eigenvalue weighted by atomic mass is 9.77. The number of fused-ring (bicyclic) bond motifs is 4. The van der Waals surface area contributed by atoms with Gasteiger partial charge in [0.15, 0.2) is 0 Å². The molecule has 0 fully saturated rings. The van der Waals surface area contributed by atoms with E-state index in [9.17, 15) is 0 Å². The zero-order valence-electron chi connectivity index (χ0n) is 19.2. The van der Waals surface area contributed by atoms with E-state index in [1.165, 1.54) is 69.6 Å². The Bertz CT molecular complexity index is 1170. The molecule has 0 aromatic heterocycles. The molecule has 1 unspecified atom stereocenters. The predicted octanol–water partition coefficient (Wildman–Crippen LogP) is 8.10. The van der Waals surface area contributed by atoms with Gasteiger partial charge in [0.25, 0.3) is 0 Å². The minimum atomic E-state index is 0.0366. The maximum Gasteiger partial charge on any atom is 0.0449 e. The highest BCUT2D eigenvalue weighted by atomic mass is 14.9. The molecule has 1 N–H and O–H groups in total. The molecule has 0 spiro atoms. The third kappa shape index (κ3) is 2.68. The zero-order chi connectivity index (χ0) is 21.2. The van der Waals surface area contributed by atoms with Crippen molar-refractivity contribution in [1.29, 1.82) is 0 Å². The molecule has 0 heterocycles. The molecule has 5 rings (SSSR count). The van der Waals surface area contributed by atoms with Crippen molar-refractivity contribution in [1.82, 2.24) is 0 Å². The van der Waals surface area contributed by atoms with E-state index in [4.69, 9.17) is 0 Å². The zero-order valence-corrected chi connectivity index (χ0v) is 19.2. The van der Waals surface area contributed by atoms with Gasteiger partial charge in [-0.3, -0.25) is 0 Å². The molecule has 2 aliphatic carbocycles. The van der Waals surface area contributed by atoms with Crippen molar-refractivity contribution >= 4 is 11.4 Å². The van der Waals surface area contributed by atoms with Gasteiger partial charge in [-0.15, -0.1) is 0 Å². The molecule has 2 aliphatic rings. The van der Waals surface area contributed by atoms with Crippen LogP contribution in [0.4, 0.5) is 11.4 Å². The second-order valence-corrected chi connectivity index (χ2v) is 9.99. The fourth-order valence-electron chi connectivity index (χ4n) is 6.08. The van der Waals surface area contributed by atoms with Crippen molar-refractivity contribution < 1.29 is 0 Å². The second-order valence-electron chi connectivity index (χ2n) is 9.99. The molecule has 0 saturated heterocycles. The molecule has 1 heteroatoms. The highest BCUT2D eigenvalue weighted by Gasteiger charge is 2.35. The normalized spacial score (nSPS) is 18.5. The summed E-state index contributed by atoms with van der Waals surface area (Å²) in [5, 5.41) is 3.84. The quantitative estimate of drug-likeness (QED) is 0.462. The third-order valence-corrected chi connectivity index (χ3v) is 7.90. The van der Waals surface area contributed by atoms with Crippen molar-refractivity contribution in [3.8, 4) is 11.1 Å². The second kappa shape index (κ2) is 6.74. The molecule has 3 aromatic carbocycles. The number of hydrogen-bond acceptors (Lipinski definition) is 1. The van der Waals surface area contributed by atoms with Crippen LogP contribution in [0.25, 0.3) is 11.1 Å². The van der Waals surface area contributed by atoms with E-state index in [2.05, 4.69) is 89.3 Å². The Kier molecular flexibility index (Phi) is 4.36. The largest absolute Gasteiger partial charge is 0.355 e. The van der Waals surface area contributed by atoms with Gasteiger partial charge in [0.1, 0.15) is 0 Å². The van der Waals surface area contributed by atoms with Gasteiger partial charge in [0.2, 0.25) is 0 Å². The first-order valence-electron chi connectivity index (χ1n) is 11.4. The van der Waals surface area contributed by atoms with Crippen molar-refractivity contribution in [2.45, 2.75) is 72.1 Å². The molecular formula is C29H33N. The van der Waals surface area contributed by atoms with Crippen molar-refractivity contribution in [3.63, 3.8) is 0 Å². The van der Waals surface area contributed by atoms with E-state index in [0.717, 1.165) is 0 Å². The first-order chi connectivity index (χ1) is 14.3. The van der Waals surface area contributed by atoms with Crippen LogP contribution in [0.5, 0.6) is 0 Å². The Morgan fingerprint density at radius 1 is 0.867 bits per heavy atom. The standard InChI is InChI=1S/C29H33N/c1-17-10-9-12-22-20(4)28(19(3)18(2)27(17)22)30-21-14-15-24-23-11-7-8-13-25(23)29(5,6)26(24)16-21/h7-8,11,13-17,30H,9-10,12H2,1-6H3. The number of hydrogen-bond donors (Lipinski definition) is 1. The van der Waals surface area contributed by atoms with Gasteiger partial charge >= 0.3 is 0 Å². The van der Waals surface area contributed by atoms with E-state index < -0.39 is 0 Å². The number of rotatable bonds is 2. The molecule has 3 aromatic rings. The molecule has 0 bridgehead atoms. The Balaban J connectivity index is 1.59. The summed E-state index contributed by atoms with van der Waals surface area (Å²) in [6, 6.07) is 15.8. The molecule has 0 radical (unpaired) electrons. The highest BCUT2D eigenvalue weighted by Crippen LogP contribution is 2.49. The summed E-state index contributed by atoms with van der Waals surface area (Å²) in [6.45, 7) is 14.0. The molecule has 154 valence electrons. The van der Waals surface area contributed by atoms with E-state index in [0.29, 0.717) is 5.92 Å². The van der Waals surface area contributed by atoms with Crippen LogP contribution in [0.15, 0.2) is 42.5 Å². The first-order valence-corrected chi connectivity index (χ1v) is 11.4. The Hall–Kier alpha value is -2.54. The van der Waals surface area contributed by atoms with Crippen LogP contribution in [-0.4, -0.2) is 0 Å². The molecule has 1 nitrogen and oxygen atoms in total. The highest BCUT2D eigenvalue weighted by molar-refractivity contribution is 5.83. The van der Waals surface area contributed by atoms with Crippen LogP contribution in [0.1, 0.15) is 78.5 Å². The predicted molar refractivity (Wildman–Crippen MR) is 129 cm³/mol. The smallest absolute Gasteiger partial charge is 0.0449 e. The van der Waals surface area contributed by atoms with Crippen LogP contribution in [0, 0.1) is 20.8 Å². The van der Waals surface area contributed by atoms with Crippen LogP contribution in [-0.2, 0) is 11.8 Å². The molecule has 0 amide bonds. The average Bonchev–Trinajstić information content (AvgIpc) is 2.97. The van der Waals surface area contributed by atoms with Crippen LogP contribution >= 0.6 is 0 Å². The summed E-state index contributed by atoms with van der Waals surface area (Å²) in [6.07, 6.45) is 3.84. The molecule has 0 aliphatic heterocycles. The molecular weight excluding hydrogens is 362 g/mol. The minimum absolute atomic E-state index is 0.0366. The van der Waals surface area contributed by atoms with Crippen molar-refractivity contribution in [3.05, 3.63) is 81.4 Å². The Morgan fingerprint density at radius 3 is 2.40 bits per heavy atom. The van der Waals surface area contributed by atoms with Gasteiger partial charge in [-0.1, -0.05) is 51.1 Å². The van der Waals surface area contributed by atoms with Gasteiger partial charge in [0.05, 0.1) is 0 Å². The molecule has 30 heavy (non-hydrogen) atoms. The maximum atomic E-state index is 3.84. The number of nitrogens with one attached hydrogen (secondary N) is 1. The lowest BCUT2D eigenvalue weighted by Gasteiger charge is -2.30. The summed E-state index contributed by atoms with van der Waals surface area (Å²) < 4.78 is 0. The van der Waals surface area contributed by atoms with Gasteiger partial charge in [-0.05, 0) is 108 Å². The fraction of sp³-hybridized carbons (Fsp3) is 0.379. The summed E-state index contributed by atoms with van der Waals surface area (Å²) in [5.41, 5.74) is 15.7. The van der Waals surface area contributed by atoms with E-state index in [-0.39, 0.29) is 5.41 Å². The van der Waals surface area contributed by atoms with Crippen molar-refractivity contribution in [2.75, 3.05) is 5.32 Å². The lowest BCUT2D eigenvalue weighted by Crippen LogP contribution is -2.15. The summed E-state index contributed by atoms with van der Waals surface area (Å²) in [4.78, 5) is 0. The molecule has 1 atom stereocenters. The van der Waals surface area contributed by atoms with Gasteiger partial charge < -0.3 is 5.32 Å². The Morgan fingerprint density at radius 2 is 1.60 bits per heavy atom. The summed E-state index contributed by atoms with van der Waals surface area (Å²) >= 11 is 0. The summed E-state index contributed by atoms with van der Waals surface area (Å²) in [7, 11) is 0. The van der Waals surface area contributed by atoms with Gasteiger partial charge in [-0.2, -0.15) is 0 Å². The lowest BCUT2D eigenvalue weighted by molar-refractivity contribution is 0.584. The third-order valence-electron chi connectivity index (χ3n) is 7.90. The van der Waals surface area contributed by atoms with Crippen molar-refractivity contribution in [2.24, 2.45) is 0 Å². The van der Waals surface area contributed by atoms with E-state index >= 15 is 0 Å². The maximum absolute atomic E-state index is 3.84. The molecule has 0 saturated carbocycles.